The highest BCUT2D eigenvalue weighted by atomic mass is 35.5. The van der Waals surface area contributed by atoms with E-state index in [1.807, 2.05) is 0 Å². The Morgan fingerprint density at radius 1 is 1.18 bits per heavy atom. The Bertz CT molecular complexity index is 919. The van der Waals surface area contributed by atoms with Gasteiger partial charge in [0.15, 0.2) is 0 Å². The number of allylic oxidation sites excluding steroid dienone is 1. The van der Waals surface area contributed by atoms with Crippen molar-refractivity contribution in [1.82, 2.24) is 5.32 Å². The van der Waals surface area contributed by atoms with Crippen LogP contribution in [0.4, 0.5) is 18.0 Å². The van der Waals surface area contributed by atoms with Gasteiger partial charge in [0.2, 0.25) is 0 Å². The molecule has 0 aliphatic rings. The molecule has 8 heteroatoms. The third kappa shape index (κ3) is 5.38. The number of halogens is 4. The van der Waals surface area contributed by atoms with Crippen LogP contribution in [0.25, 0.3) is 11.1 Å². The third-order valence-corrected chi connectivity index (χ3v) is 4.18. The van der Waals surface area contributed by atoms with E-state index in [1.54, 1.807) is 31.9 Å². The second-order valence-electron chi connectivity index (χ2n) is 6.23. The molecule has 2 aromatic rings. The third-order valence-electron chi connectivity index (χ3n) is 3.85. The summed E-state index contributed by atoms with van der Waals surface area (Å²) in [6.07, 6.45) is -5.47. The van der Waals surface area contributed by atoms with Crippen molar-refractivity contribution < 1.29 is 27.5 Å². The quantitative estimate of drug-likeness (QED) is 0.649. The molecule has 0 atom stereocenters. The Hall–Kier alpha value is -2.76. The van der Waals surface area contributed by atoms with Crippen LogP contribution in [0, 0.1) is 5.92 Å². The average molecular weight is 412 g/mol. The zero-order valence-corrected chi connectivity index (χ0v) is 15.8. The number of alkyl halides is 3. The van der Waals surface area contributed by atoms with E-state index in [1.165, 1.54) is 24.3 Å². The van der Waals surface area contributed by atoms with Crippen molar-refractivity contribution in [1.29, 1.82) is 0 Å². The Kier molecular flexibility index (Phi) is 6.89. The lowest BCUT2D eigenvalue weighted by Crippen LogP contribution is -2.26. The first-order valence-electron chi connectivity index (χ1n) is 8.27. The minimum Gasteiger partial charge on any atom is -0.444 e. The van der Waals surface area contributed by atoms with Gasteiger partial charge in [0.25, 0.3) is 0 Å². The van der Waals surface area contributed by atoms with Crippen LogP contribution in [0.15, 0.2) is 48.2 Å². The van der Waals surface area contributed by atoms with E-state index in [-0.39, 0.29) is 34.4 Å². The number of alkyl carbamates (subject to hydrolysis) is 1. The molecule has 0 aliphatic heterocycles. The SMILES string of the molecule is CC(C)C(=C=O)NC(=O)OCc1ccc(C(F)(F)F)c(-c2ccccc2Cl)c1. The van der Waals surface area contributed by atoms with E-state index in [0.717, 1.165) is 6.07 Å². The van der Waals surface area contributed by atoms with Gasteiger partial charge in [0.1, 0.15) is 18.2 Å². The van der Waals surface area contributed by atoms with Crippen LogP contribution in [0.2, 0.25) is 5.02 Å². The van der Waals surface area contributed by atoms with Crippen LogP contribution in [-0.4, -0.2) is 12.0 Å². The fourth-order valence-electron chi connectivity index (χ4n) is 2.41. The van der Waals surface area contributed by atoms with Gasteiger partial charge in [-0.15, -0.1) is 0 Å². The number of benzene rings is 2. The second kappa shape index (κ2) is 8.95. The zero-order valence-electron chi connectivity index (χ0n) is 15.1. The van der Waals surface area contributed by atoms with Crippen LogP contribution in [0.3, 0.4) is 0 Å². The molecule has 0 bridgehead atoms. The summed E-state index contributed by atoms with van der Waals surface area (Å²) in [5.41, 5.74) is -0.391. The lowest BCUT2D eigenvalue weighted by atomic mass is 9.97. The molecule has 2 aromatic carbocycles. The van der Waals surface area contributed by atoms with Crippen LogP contribution < -0.4 is 5.32 Å². The molecule has 2 rings (SSSR count). The van der Waals surface area contributed by atoms with Crippen molar-refractivity contribution in [2.24, 2.45) is 5.92 Å². The molecule has 0 saturated carbocycles. The van der Waals surface area contributed by atoms with Crippen LogP contribution in [0.5, 0.6) is 0 Å². The monoisotopic (exact) mass is 411 g/mol. The molecular weight excluding hydrogens is 395 g/mol. The van der Waals surface area contributed by atoms with Gasteiger partial charge in [-0.3, -0.25) is 5.32 Å². The van der Waals surface area contributed by atoms with Crippen molar-refractivity contribution in [3.63, 3.8) is 0 Å². The average Bonchev–Trinajstić information content (AvgIpc) is 2.63. The molecule has 0 aromatic heterocycles. The summed E-state index contributed by atoms with van der Waals surface area (Å²) in [5, 5.41) is 2.43. The lowest BCUT2D eigenvalue weighted by Gasteiger charge is -2.16. The largest absolute Gasteiger partial charge is 0.444 e. The van der Waals surface area contributed by atoms with E-state index >= 15 is 0 Å². The predicted molar refractivity (Wildman–Crippen MR) is 99.3 cm³/mol. The molecule has 28 heavy (non-hydrogen) atoms. The summed E-state index contributed by atoms with van der Waals surface area (Å²) < 4.78 is 45.2. The van der Waals surface area contributed by atoms with Crippen molar-refractivity contribution in [3.05, 3.63) is 64.3 Å². The smallest absolute Gasteiger partial charge is 0.417 e. The summed E-state index contributed by atoms with van der Waals surface area (Å²) in [5.74, 6) is 1.35. The van der Waals surface area contributed by atoms with Gasteiger partial charge in [-0.2, -0.15) is 13.2 Å². The Balaban J connectivity index is 2.28. The van der Waals surface area contributed by atoms with E-state index in [2.05, 4.69) is 5.32 Å². The molecule has 4 nitrogen and oxygen atoms in total. The molecule has 0 spiro atoms. The summed E-state index contributed by atoms with van der Waals surface area (Å²) in [4.78, 5) is 22.6. The van der Waals surface area contributed by atoms with E-state index < -0.39 is 17.8 Å². The molecule has 0 unspecified atom stereocenters. The number of nitrogens with one attached hydrogen (secondary N) is 1. The molecule has 0 fully saturated rings. The van der Waals surface area contributed by atoms with Gasteiger partial charge in [-0.1, -0.05) is 49.7 Å². The standard InChI is InChI=1S/C20H17ClF3NO3/c1-12(2)18(10-26)25-19(27)28-11-13-7-8-16(20(22,23)24)15(9-13)14-5-3-4-6-17(14)21/h3-9,12H,11H2,1-2H3,(H,25,27). The van der Waals surface area contributed by atoms with Gasteiger partial charge in [-0.25, -0.2) is 9.59 Å². The number of ether oxygens (including phenoxy) is 1. The minimum absolute atomic E-state index is 0.0224. The minimum atomic E-state index is -4.58. The highest BCUT2D eigenvalue weighted by Crippen LogP contribution is 2.40. The van der Waals surface area contributed by atoms with Gasteiger partial charge in [-0.05, 0) is 29.3 Å². The first-order chi connectivity index (χ1) is 13.1. The first kappa shape index (κ1) is 21.5. The summed E-state index contributed by atoms with van der Waals surface area (Å²) >= 11 is 6.06. The molecule has 1 amide bonds. The van der Waals surface area contributed by atoms with E-state index in [0.29, 0.717) is 5.56 Å². The van der Waals surface area contributed by atoms with Crippen LogP contribution >= 0.6 is 11.6 Å². The van der Waals surface area contributed by atoms with Crippen molar-refractivity contribution in [2.75, 3.05) is 0 Å². The fourth-order valence-corrected chi connectivity index (χ4v) is 2.65. The highest BCUT2D eigenvalue weighted by molar-refractivity contribution is 6.33. The molecule has 148 valence electrons. The van der Waals surface area contributed by atoms with E-state index in [4.69, 9.17) is 16.3 Å². The molecule has 0 radical (unpaired) electrons. The maximum Gasteiger partial charge on any atom is 0.417 e. The second-order valence-corrected chi connectivity index (χ2v) is 6.64. The Morgan fingerprint density at radius 3 is 2.43 bits per heavy atom. The molecule has 0 aliphatic carbocycles. The van der Waals surface area contributed by atoms with Crippen LogP contribution in [-0.2, 0) is 22.3 Å². The molecule has 0 saturated heterocycles. The van der Waals surface area contributed by atoms with Gasteiger partial charge < -0.3 is 4.74 Å². The highest BCUT2D eigenvalue weighted by Gasteiger charge is 2.34. The van der Waals surface area contributed by atoms with Gasteiger partial charge in [0.05, 0.1) is 5.56 Å². The molecule has 0 heterocycles. The van der Waals surface area contributed by atoms with E-state index in [9.17, 15) is 22.8 Å². The lowest BCUT2D eigenvalue weighted by molar-refractivity contribution is -0.137. The predicted octanol–water partition coefficient (Wildman–Crippen LogP) is 5.62. The zero-order chi connectivity index (χ0) is 20.9. The van der Waals surface area contributed by atoms with Crippen molar-refractivity contribution in [2.45, 2.75) is 26.6 Å². The molecular formula is C20H17ClF3NO3. The fraction of sp³-hybridized carbons (Fsp3) is 0.250. The Labute approximate surface area is 165 Å². The summed E-state index contributed by atoms with van der Waals surface area (Å²) in [6.45, 7) is 3.09. The number of amides is 1. The maximum absolute atomic E-state index is 13.4. The van der Waals surface area contributed by atoms with Crippen molar-refractivity contribution in [3.8, 4) is 11.1 Å². The van der Waals surface area contributed by atoms with Crippen LogP contribution in [0.1, 0.15) is 25.0 Å². The van der Waals surface area contributed by atoms with Gasteiger partial charge in [0, 0.05) is 16.5 Å². The normalized spacial score (nSPS) is 11.1. The topological polar surface area (TPSA) is 55.4 Å². The number of rotatable bonds is 5. The Morgan fingerprint density at radius 2 is 1.86 bits per heavy atom. The molecule has 1 N–H and O–H groups in total. The number of carbonyl (C=O) groups excluding carboxylic acids is 2. The number of hydrogen-bond acceptors (Lipinski definition) is 3. The van der Waals surface area contributed by atoms with Crippen molar-refractivity contribution >= 4 is 23.6 Å². The first-order valence-corrected chi connectivity index (χ1v) is 8.65. The van der Waals surface area contributed by atoms with Gasteiger partial charge >= 0.3 is 12.3 Å². The number of hydrogen-bond donors (Lipinski definition) is 1. The summed E-state index contributed by atoms with van der Waals surface area (Å²) in [7, 11) is 0. The maximum atomic E-state index is 13.4. The summed E-state index contributed by atoms with van der Waals surface area (Å²) in [6, 6.07) is 9.58. The number of carbonyl (C=O) groups is 1.